The van der Waals surface area contributed by atoms with Gasteiger partial charge in [-0.05, 0) is 43.2 Å². The standard InChI is InChI=1S/C18H26N2O3S/c1-23-17-7-3-5-13-8-10-19-12-14-6-4-9-20(24(2,21)22)15(14)11-16(19)18(13)17/h3,5,7,14-16H,4,6,8-12H2,1-2H3/t14-,15+,16-/m1/s1. The molecule has 0 aromatic heterocycles. The Balaban J connectivity index is 1.71. The molecule has 0 amide bonds. The van der Waals surface area contributed by atoms with Crippen molar-refractivity contribution in [2.75, 3.05) is 33.0 Å². The summed E-state index contributed by atoms with van der Waals surface area (Å²) in [5, 5.41) is 0. The number of hydrogen-bond acceptors (Lipinski definition) is 4. The van der Waals surface area contributed by atoms with Crippen LogP contribution in [0.25, 0.3) is 0 Å². The smallest absolute Gasteiger partial charge is 0.211 e. The monoisotopic (exact) mass is 350 g/mol. The van der Waals surface area contributed by atoms with Crippen molar-refractivity contribution in [2.45, 2.75) is 37.8 Å². The van der Waals surface area contributed by atoms with Crippen molar-refractivity contribution < 1.29 is 13.2 Å². The lowest BCUT2D eigenvalue weighted by atomic mass is 9.77. The minimum absolute atomic E-state index is 0.130. The second-order valence-corrected chi connectivity index (χ2v) is 9.31. The van der Waals surface area contributed by atoms with Gasteiger partial charge in [0.2, 0.25) is 10.0 Å². The van der Waals surface area contributed by atoms with Crippen molar-refractivity contribution >= 4 is 10.0 Å². The van der Waals surface area contributed by atoms with Crippen molar-refractivity contribution in [3.63, 3.8) is 0 Å². The molecule has 24 heavy (non-hydrogen) atoms. The van der Waals surface area contributed by atoms with Crippen LogP contribution in [0.4, 0.5) is 0 Å². The molecule has 4 rings (SSSR count). The van der Waals surface area contributed by atoms with Gasteiger partial charge in [-0.3, -0.25) is 4.90 Å². The van der Waals surface area contributed by atoms with Gasteiger partial charge in [-0.25, -0.2) is 8.42 Å². The van der Waals surface area contributed by atoms with Crippen LogP contribution in [0.1, 0.15) is 36.4 Å². The first-order valence-corrected chi connectivity index (χ1v) is 10.7. The first kappa shape index (κ1) is 16.4. The van der Waals surface area contributed by atoms with Gasteiger partial charge in [-0.2, -0.15) is 4.31 Å². The molecule has 0 spiro atoms. The molecular formula is C18H26N2O3S. The number of fused-ring (bicyclic) bond motifs is 4. The van der Waals surface area contributed by atoms with Crippen LogP contribution in [-0.4, -0.2) is 56.7 Å². The van der Waals surface area contributed by atoms with Crippen LogP contribution in [0, 0.1) is 5.92 Å². The Morgan fingerprint density at radius 1 is 1.25 bits per heavy atom. The van der Waals surface area contributed by atoms with Crippen LogP contribution in [0.2, 0.25) is 0 Å². The number of ether oxygens (including phenoxy) is 1. The summed E-state index contributed by atoms with van der Waals surface area (Å²) in [6, 6.07) is 6.68. The van der Waals surface area contributed by atoms with E-state index in [1.54, 1.807) is 11.4 Å². The number of rotatable bonds is 2. The Labute approximate surface area is 144 Å². The number of methoxy groups -OCH3 is 1. The minimum atomic E-state index is -3.14. The van der Waals surface area contributed by atoms with Gasteiger partial charge in [0.05, 0.1) is 13.4 Å². The van der Waals surface area contributed by atoms with Crippen LogP contribution in [0.5, 0.6) is 5.75 Å². The molecule has 0 aliphatic carbocycles. The zero-order valence-electron chi connectivity index (χ0n) is 14.4. The lowest BCUT2D eigenvalue weighted by Gasteiger charge is -2.51. The first-order valence-electron chi connectivity index (χ1n) is 8.85. The van der Waals surface area contributed by atoms with E-state index in [0.717, 1.165) is 44.5 Å². The number of benzene rings is 1. The molecule has 0 radical (unpaired) electrons. The van der Waals surface area contributed by atoms with E-state index in [1.807, 2.05) is 6.07 Å². The highest BCUT2D eigenvalue weighted by molar-refractivity contribution is 7.88. The maximum atomic E-state index is 12.3. The van der Waals surface area contributed by atoms with Crippen molar-refractivity contribution in [1.82, 2.24) is 9.21 Å². The number of nitrogens with zero attached hydrogens (tertiary/aromatic N) is 2. The molecule has 1 aromatic rings. The Morgan fingerprint density at radius 3 is 2.83 bits per heavy atom. The van der Waals surface area contributed by atoms with Gasteiger partial charge < -0.3 is 4.74 Å². The molecule has 5 nitrogen and oxygen atoms in total. The average Bonchev–Trinajstić information content (AvgIpc) is 2.57. The average molecular weight is 350 g/mol. The van der Waals surface area contributed by atoms with E-state index in [1.165, 1.54) is 17.4 Å². The second-order valence-electron chi connectivity index (χ2n) is 7.37. The lowest BCUT2D eigenvalue weighted by Crippen LogP contribution is -2.57. The van der Waals surface area contributed by atoms with Crippen LogP contribution in [0.3, 0.4) is 0 Å². The molecule has 0 saturated carbocycles. The molecule has 3 aliphatic rings. The third-order valence-electron chi connectivity index (χ3n) is 6.05. The maximum Gasteiger partial charge on any atom is 0.211 e. The summed E-state index contributed by atoms with van der Waals surface area (Å²) >= 11 is 0. The van der Waals surface area contributed by atoms with Crippen LogP contribution in [0.15, 0.2) is 18.2 Å². The van der Waals surface area contributed by atoms with Crippen LogP contribution < -0.4 is 4.74 Å². The molecule has 0 unspecified atom stereocenters. The van der Waals surface area contributed by atoms with E-state index in [2.05, 4.69) is 17.0 Å². The van der Waals surface area contributed by atoms with Gasteiger partial charge in [-0.1, -0.05) is 12.1 Å². The Bertz CT molecular complexity index is 720. The molecule has 3 aliphatic heterocycles. The highest BCUT2D eigenvalue weighted by Gasteiger charge is 2.45. The summed E-state index contributed by atoms with van der Waals surface area (Å²) < 4.78 is 31.9. The van der Waals surface area contributed by atoms with Crippen molar-refractivity contribution in [2.24, 2.45) is 5.92 Å². The predicted octanol–water partition coefficient (Wildman–Crippen LogP) is 2.04. The highest BCUT2D eigenvalue weighted by Crippen LogP contribution is 2.46. The van der Waals surface area contributed by atoms with Crippen molar-refractivity contribution in [1.29, 1.82) is 0 Å². The summed E-state index contributed by atoms with van der Waals surface area (Å²) in [5.41, 5.74) is 2.64. The zero-order chi connectivity index (χ0) is 16.9. The van der Waals surface area contributed by atoms with Gasteiger partial charge in [-0.15, -0.1) is 0 Å². The van der Waals surface area contributed by atoms with Gasteiger partial charge in [0.25, 0.3) is 0 Å². The molecule has 3 heterocycles. The summed E-state index contributed by atoms with van der Waals surface area (Å²) in [6.45, 7) is 2.73. The Kier molecular flexibility index (Phi) is 4.09. The summed E-state index contributed by atoms with van der Waals surface area (Å²) in [5.74, 6) is 1.41. The molecule has 1 aromatic carbocycles. The first-order chi connectivity index (χ1) is 11.5. The van der Waals surface area contributed by atoms with Gasteiger partial charge >= 0.3 is 0 Å². The molecule has 3 atom stereocenters. The summed E-state index contributed by atoms with van der Waals surface area (Å²) in [6.07, 6.45) is 5.41. The molecule has 2 saturated heterocycles. The van der Waals surface area contributed by atoms with Gasteiger partial charge in [0.1, 0.15) is 5.75 Å². The summed E-state index contributed by atoms with van der Waals surface area (Å²) in [4.78, 5) is 2.55. The molecule has 0 bridgehead atoms. The Hall–Kier alpha value is -1.11. The molecule has 132 valence electrons. The zero-order valence-corrected chi connectivity index (χ0v) is 15.3. The Morgan fingerprint density at radius 2 is 2.08 bits per heavy atom. The van der Waals surface area contributed by atoms with Gasteiger partial charge in [0, 0.05) is 37.3 Å². The fraction of sp³-hybridized carbons (Fsp3) is 0.667. The van der Waals surface area contributed by atoms with E-state index in [9.17, 15) is 8.42 Å². The fourth-order valence-corrected chi connectivity index (χ4v) is 6.23. The minimum Gasteiger partial charge on any atom is -0.496 e. The van der Waals surface area contributed by atoms with E-state index in [0.29, 0.717) is 12.5 Å². The molecule has 6 heteroatoms. The summed E-state index contributed by atoms with van der Waals surface area (Å²) in [7, 11) is -1.42. The SMILES string of the molecule is COc1cccc2c1[C@H]1C[C@H]3[C@H](CCCN3S(C)(=O)=O)CN1CC2. The number of piperidine rings is 2. The maximum absolute atomic E-state index is 12.3. The highest BCUT2D eigenvalue weighted by atomic mass is 32.2. The lowest BCUT2D eigenvalue weighted by molar-refractivity contribution is 0.0213. The van der Waals surface area contributed by atoms with E-state index < -0.39 is 10.0 Å². The number of sulfonamides is 1. The van der Waals surface area contributed by atoms with E-state index in [-0.39, 0.29) is 12.1 Å². The quantitative estimate of drug-likeness (QED) is 0.819. The van der Waals surface area contributed by atoms with Crippen LogP contribution >= 0.6 is 0 Å². The molecule has 2 fully saturated rings. The third-order valence-corrected chi connectivity index (χ3v) is 7.35. The van der Waals surface area contributed by atoms with Crippen LogP contribution in [-0.2, 0) is 16.4 Å². The predicted molar refractivity (Wildman–Crippen MR) is 93.7 cm³/mol. The van der Waals surface area contributed by atoms with E-state index >= 15 is 0 Å². The second kappa shape index (κ2) is 6.00. The van der Waals surface area contributed by atoms with Crippen molar-refractivity contribution in [3.8, 4) is 5.75 Å². The van der Waals surface area contributed by atoms with Gasteiger partial charge in [0.15, 0.2) is 0 Å². The fourth-order valence-electron chi connectivity index (χ4n) is 5.02. The molecular weight excluding hydrogens is 324 g/mol. The van der Waals surface area contributed by atoms with Crippen molar-refractivity contribution in [3.05, 3.63) is 29.3 Å². The third kappa shape index (κ3) is 2.65. The molecule has 0 N–H and O–H groups in total. The normalized spacial score (nSPS) is 31.0. The van der Waals surface area contributed by atoms with E-state index in [4.69, 9.17) is 4.74 Å². The largest absolute Gasteiger partial charge is 0.496 e. The topological polar surface area (TPSA) is 49.9 Å². The number of hydrogen-bond donors (Lipinski definition) is 0.